The van der Waals surface area contributed by atoms with Crippen molar-refractivity contribution in [1.29, 1.82) is 0 Å². The maximum absolute atomic E-state index is 13.5. The molecule has 2 rings (SSSR count). The molecule has 2 aromatic rings. The molecule has 2 aromatic carbocycles. The molecule has 0 aliphatic heterocycles. The Kier molecular flexibility index (Phi) is 10.6. The minimum absolute atomic E-state index is 0.379. The SMILES string of the molecule is CCC(C)[C@H](NC(=O)c1ccccc1S(=O)(=O)S(=O)(=O)c1ccccc1C(=O)N[C@@H](C(=O)O)C(C)CC)C(=O)O. The number of amides is 2. The normalized spacial score (nSPS) is 14.8. The summed E-state index contributed by atoms with van der Waals surface area (Å²) in [6, 6.07) is 6.02. The van der Waals surface area contributed by atoms with Crippen LogP contribution in [0.1, 0.15) is 61.3 Å². The van der Waals surface area contributed by atoms with Crippen LogP contribution in [0.2, 0.25) is 0 Å². The van der Waals surface area contributed by atoms with Crippen LogP contribution < -0.4 is 10.6 Å². The highest BCUT2D eigenvalue weighted by Crippen LogP contribution is 2.30. The fourth-order valence-corrected chi connectivity index (χ4v) is 7.90. The van der Waals surface area contributed by atoms with Crippen molar-refractivity contribution in [3.63, 3.8) is 0 Å². The number of carboxylic acid groups (broad SMARTS) is 2. The maximum Gasteiger partial charge on any atom is 0.326 e. The van der Waals surface area contributed by atoms with E-state index < -0.39 is 86.3 Å². The summed E-state index contributed by atoms with van der Waals surface area (Å²) in [5.41, 5.74) is -1.21. The third-order valence-corrected chi connectivity index (χ3v) is 11.8. The number of nitrogens with one attached hydrogen (secondary N) is 2. The third kappa shape index (κ3) is 6.67. The maximum atomic E-state index is 13.5. The molecule has 0 saturated heterocycles. The van der Waals surface area contributed by atoms with Gasteiger partial charge in [-0.05, 0) is 36.1 Å². The Morgan fingerprint density at radius 3 is 1.23 bits per heavy atom. The van der Waals surface area contributed by atoms with E-state index in [-0.39, 0.29) is 0 Å². The number of carbonyl (C=O) groups is 4. The van der Waals surface area contributed by atoms with Gasteiger partial charge >= 0.3 is 11.9 Å². The Bertz CT molecular complexity index is 1390. The number of carboxylic acids is 2. The fourth-order valence-electron chi connectivity index (χ4n) is 3.79. The summed E-state index contributed by atoms with van der Waals surface area (Å²) in [7, 11) is -10.8. The van der Waals surface area contributed by atoms with Gasteiger partial charge in [0.1, 0.15) is 12.1 Å². The first-order chi connectivity index (χ1) is 18.6. The molecule has 0 fully saturated rings. The Hall–Kier alpha value is -3.78. The second kappa shape index (κ2) is 13.0. The monoisotopic (exact) mass is 596 g/mol. The van der Waals surface area contributed by atoms with E-state index in [1.54, 1.807) is 27.7 Å². The first-order valence-corrected chi connectivity index (χ1v) is 15.8. The average molecular weight is 597 g/mol. The lowest BCUT2D eigenvalue weighted by atomic mass is 9.99. The standard InChI is InChI=1S/C26H32N2O10S2/c1-5-15(3)21(25(31)32)27-23(29)17-11-7-9-13-19(17)39(35,36)40(37,38)20-14-10-8-12-18(20)24(30)28-22(26(33)34)16(4)6-2/h7-16,21-22H,5-6H2,1-4H3,(H,27,29)(H,28,30)(H,31,32)(H,33,34)/t15?,16?,21-,22+. The van der Waals surface area contributed by atoms with E-state index in [4.69, 9.17) is 0 Å². The van der Waals surface area contributed by atoms with Gasteiger partial charge in [0, 0.05) is 0 Å². The zero-order valence-corrected chi connectivity index (χ0v) is 24.0. The Morgan fingerprint density at radius 1 is 0.650 bits per heavy atom. The van der Waals surface area contributed by atoms with Crippen molar-refractivity contribution >= 4 is 41.5 Å². The van der Waals surface area contributed by atoms with Gasteiger partial charge in [-0.1, -0.05) is 64.8 Å². The summed E-state index contributed by atoms with van der Waals surface area (Å²) in [5.74, 6) is -5.99. The molecule has 0 saturated carbocycles. The summed E-state index contributed by atoms with van der Waals surface area (Å²) in [6.07, 6.45) is 0.758. The van der Waals surface area contributed by atoms with E-state index in [1.165, 1.54) is 24.3 Å². The van der Waals surface area contributed by atoms with Crippen LogP contribution in [0.4, 0.5) is 0 Å². The van der Waals surface area contributed by atoms with E-state index in [0.29, 0.717) is 12.8 Å². The van der Waals surface area contributed by atoms with Crippen molar-refractivity contribution in [2.24, 2.45) is 11.8 Å². The molecule has 2 unspecified atom stereocenters. The summed E-state index contributed by atoms with van der Waals surface area (Å²) >= 11 is 0. The number of benzene rings is 2. The van der Waals surface area contributed by atoms with E-state index in [0.717, 1.165) is 24.3 Å². The second-order valence-electron chi connectivity index (χ2n) is 9.25. The highest BCUT2D eigenvalue weighted by atomic mass is 33.2. The largest absolute Gasteiger partial charge is 0.480 e. The lowest BCUT2D eigenvalue weighted by Crippen LogP contribution is -2.45. The Morgan fingerprint density at radius 2 is 0.950 bits per heavy atom. The lowest BCUT2D eigenvalue weighted by Gasteiger charge is -2.21. The molecule has 0 spiro atoms. The molecular weight excluding hydrogens is 564 g/mol. The number of aliphatic carboxylic acids is 2. The van der Waals surface area contributed by atoms with Gasteiger partial charge in [-0.3, -0.25) is 9.59 Å². The van der Waals surface area contributed by atoms with Crippen LogP contribution in [0, 0.1) is 11.8 Å². The number of carbonyl (C=O) groups excluding carboxylic acids is 2. The van der Waals surface area contributed by atoms with E-state index in [9.17, 15) is 46.2 Å². The molecule has 2 amide bonds. The molecule has 0 radical (unpaired) electrons. The molecular formula is C26H32N2O10S2. The average Bonchev–Trinajstić information content (AvgIpc) is 2.92. The van der Waals surface area contributed by atoms with Crippen LogP contribution in [-0.4, -0.2) is 62.9 Å². The molecule has 40 heavy (non-hydrogen) atoms. The zero-order chi connectivity index (χ0) is 30.4. The molecule has 0 heterocycles. The highest BCUT2D eigenvalue weighted by Gasteiger charge is 2.40. The van der Waals surface area contributed by atoms with E-state index in [1.807, 2.05) is 0 Å². The summed E-state index contributed by atoms with van der Waals surface area (Å²) in [6.45, 7) is 6.55. The van der Waals surface area contributed by atoms with Crippen LogP contribution in [-0.2, 0) is 27.3 Å². The predicted molar refractivity (Wildman–Crippen MR) is 144 cm³/mol. The van der Waals surface area contributed by atoms with Crippen molar-refractivity contribution in [3.05, 3.63) is 59.7 Å². The van der Waals surface area contributed by atoms with Gasteiger partial charge in [0.05, 0.1) is 20.9 Å². The van der Waals surface area contributed by atoms with Gasteiger partial charge in [-0.2, -0.15) is 0 Å². The lowest BCUT2D eigenvalue weighted by molar-refractivity contribution is -0.141. The first-order valence-electron chi connectivity index (χ1n) is 12.4. The molecule has 4 N–H and O–H groups in total. The van der Waals surface area contributed by atoms with Crippen LogP contribution in [0.3, 0.4) is 0 Å². The summed E-state index contributed by atoms with van der Waals surface area (Å²) in [4.78, 5) is 47.5. The van der Waals surface area contributed by atoms with Gasteiger partial charge < -0.3 is 20.8 Å². The first kappa shape index (κ1) is 32.4. The molecule has 14 heteroatoms. The van der Waals surface area contributed by atoms with E-state index in [2.05, 4.69) is 10.6 Å². The fraction of sp³-hybridized carbons (Fsp3) is 0.385. The van der Waals surface area contributed by atoms with Gasteiger partial charge in [0.15, 0.2) is 0 Å². The molecule has 0 aliphatic carbocycles. The molecule has 0 aromatic heterocycles. The van der Waals surface area contributed by atoms with Crippen molar-refractivity contribution in [3.8, 4) is 0 Å². The summed E-state index contributed by atoms with van der Waals surface area (Å²) in [5, 5.41) is 23.5. The molecule has 218 valence electrons. The molecule has 0 aliphatic rings. The van der Waals surface area contributed by atoms with Gasteiger partial charge in [-0.25, -0.2) is 26.4 Å². The van der Waals surface area contributed by atoms with Crippen molar-refractivity contribution < 1.29 is 46.2 Å². The minimum atomic E-state index is -5.40. The van der Waals surface area contributed by atoms with Gasteiger partial charge in [0.25, 0.3) is 29.6 Å². The van der Waals surface area contributed by atoms with E-state index >= 15 is 0 Å². The number of rotatable bonds is 13. The number of hydrogen-bond acceptors (Lipinski definition) is 8. The second-order valence-corrected chi connectivity index (χ2v) is 14.6. The Labute approximate surface area is 232 Å². The van der Waals surface area contributed by atoms with Crippen LogP contribution in [0.25, 0.3) is 0 Å². The smallest absolute Gasteiger partial charge is 0.326 e. The molecule has 12 nitrogen and oxygen atoms in total. The highest BCUT2D eigenvalue weighted by molar-refractivity contribution is 8.67. The van der Waals surface area contributed by atoms with Crippen molar-refractivity contribution in [2.45, 2.75) is 62.4 Å². The topological polar surface area (TPSA) is 201 Å². The van der Waals surface area contributed by atoms with Crippen molar-refractivity contribution in [1.82, 2.24) is 10.6 Å². The zero-order valence-electron chi connectivity index (χ0n) is 22.3. The summed E-state index contributed by atoms with van der Waals surface area (Å²) < 4.78 is 54.2. The third-order valence-electron chi connectivity index (χ3n) is 6.62. The molecule has 0 bridgehead atoms. The number of hydrogen-bond donors (Lipinski definition) is 4. The van der Waals surface area contributed by atoms with Crippen molar-refractivity contribution in [2.75, 3.05) is 0 Å². The van der Waals surface area contributed by atoms with Crippen LogP contribution >= 0.6 is 0 Å². The predicted octanol–water partition coefficient (Wildman–Crippen LogP) is 2.31. The van der Waals surface area contributed by atoms with Gasteiger partial charge in [0.2, 0.25) is 0 Å². The minimum Gasteiger partial charge on any atom is -0.480 e. The van der Waals surface area contributed by atoms with Crippen LogP contribution in [0.15, 0.2) is 58.3 Å². The quantitative estimate of drug-likeness (QED) is 0.249. The molecule has 4 atom stereocenters. The Balaban J connectivity index is 2.60. The van der Waals surface area contributed by atoms with Gasteiger partial charge in [-0.15, -0.1) is 0 Å². The van der Waals surface area contributed by atoms with Crippen LogP contribution in [0.5, 0.6) is 0 Å².